The van der Waals surface area contributed by atoms with Crippen LogP contribution in [-0.2, 0) is 0 Å². The first-order valence-electron chi connectivity index (χ1n) is 5.66. The minimum atomic E-state index is 0.473. The number of aromatic nitrogens is 4. The van der Waals surface area contributed by atoms with E-state index in [2.05, 4.69) is 20.3 Å². The molecule has 3 rings (SSSR count). The Kier molecular flexibility index (Phi) is 3.12. The lowest BCUT2D eigenvalue weighted by atomic mass is 10.3. The van der Waals surface area contributed by atoms with E-state index < -0.39 is 0 Å². The fourth-order valence-corrected chi connectivity index (χ4v) is 1.83. The summed E-state index contributed by atoms with van der Waals surface area (Å²) in [6.45, 7) is 0. The Morgan fingerprint density at radius 3 is 2.68 bits per heavy atom. The van der Waals surface area contributed by atoms with Crippen LogP contribution in [0.3, 0.4) is 0 Å². The number of nitrogens with one attached hydrogen (secondary N) is 1. The van der Waals surface area contributed by atoms with Gasteiger partial charge in [0, 0.05) is 23.1 Å². The van der Waals surface area contributed by atoms with Crippen LogP contribution in [0.25, 0.3) is 5.95 Å². The van der Waals surface area contributed by atoms with E-state index in [1.165, 1.54) is 6.33 Å². The molecule has 0 saturated heterocycles. The van der Waals surface area contributed by atoms with Gasteiger partial charge in [-0.15, -0.1) is 0 Å². The van der Waals surface area contributed by atoms with Gasteiger partial charge in [0.25, 0.3) is 0 Å². The van der Waals surface area contributed by atoms with E-state index in [0.717, 1.165) is 5.69 Å². The first-order valence-corrected chi connectivity index (χ1v) is 6.04. The van der Waals surface area contributed by atoms with E-state index in [-0.39, 0.29) is 0 Å². The first kappa shape index (κ1) is 11.7. The third-order valence-electron chi connectivity index (χ3n) is 2.48. The van der Waals surface area contributed by atoms with Crippen molar-refractivity contribution in [1.82, 2.24) is 19.5 Å². The quantitative estimate of drug-likeness (QED) is 0.795. The zero-order valence-electron chi connectivity index (χ0n) is 9.86. The molecule has 5 nitrogen and oxygen atoms in total. The van der Waals surface area contributed by atoms with E-state index in [1.807, 2.05) is 47.3 Å². The number of rotatable bonds is 3. The minimum absolute atomic E-state index is 0.473. The summed E-state index contributed by atoms with van der Waals surface area (Å²) < 4.78 is 1.81. The maximum absolute atomic E-state index is 5.93. The molecule has 0 saturated carbocycles. The topological polar surface area (TPSA) is 55.6 Å². The van der Waals surface area contributed by atoms with Gasteiger partial charge in [-0.3, -0.25) is 4.57 Å². The molecule has 2 aromatic heterocycles. The van der Waals surface area contributed by atoms with Crippen molar-refractivity contribution in [2.45, 2.75) is 0 Å². The van der Waals surface area contributed by atoms with Crippen molar-refractivity contribution in [1.29, 1.82) is 0 Å². The lowest BCUT2D eigenvalue weighted by molar-refractivity contribution is 0.906. The van der Waals surface area contributed by atoms with Gasteiger partial charge < -0.3 is 5.32 Å². The fourth-order valence-electron chi connectivity index (χ4n) is 1.64. The van der Waals surface area contributed by atoms with Crippen molar-refractivity contribution in [2.24, 2.45) is 0 Å². The lowest BCUT2D eigenvalue weighted by Gasteiger charge is -2.06. The average molecular weight is 272 g/mol. The van der Waals surface area contributed by atoms with Gasteiger partial charge in [-0.05, 0) is 30.3 Å². The zero-order valence-corrected chi connectivity index (χ0v) is 10.6. The van der Waals surface area contributed by atoms with Gasteiger partial charge in [-0.2, -0.15) is 4.98 Å². The Bertz CT molecular complexity index is 681. The zero-order chi connectivity index (χ0) is 13.1. The first-order chi connectivity index (χ1) is 9.31. The highest BCUT2D eigenvalue weighted by Crippen LogP contribution is 2.17. The lowest BCUT2D eigenvalue weighted by Crippen LogP contribution is -2.03. The summed E-state index contributed by atoms with van der Waals surface area (Å²) in [5, 5.41) is 3.74. The van der Waals surface area contributed by atoms with Crippen LogP contribution in [0.2, 0.25) is 5.02 Å². The Hall–Kier alpha value is -2.40. The van der Waals surface area contributed by atoms with E-state index >= 15 is 0 Å². The highest BCUT2D eigenvalue weighted by Gasteiger charge is 2.02. The van der Waals surface area contributed by atoms with Crippen LogP contribution in [0.4, 0.5) is 11.6 Å². The molecule has 2 heterocycles. The van der Waals surface area contributed by atoms with Gasteiger partial charge in [0.1, 0.15) is 6.33 Å². The summed E-state index contributed by atoms with van der Waals surface area (Å²) >= 11 is 5.93. The van der Waals surface area contributed by atoms with Gasteiger partial charge in [0.05, 0.1) is 0 Å². The molecular weight excluding hydrogens is 262 g/mol. The van der Waals surface area contributed by atoms with Crippen molar-refractivity contribution < 1.29 is 0 Å². The molecule has 19 heavy (non-hydrogen) atoms. The smallest absolute Gasteiger partial charge is 0.238 e. The predicted molar refractivity (Wildman–Crippen MR) is 73.9 cm³/mol. The van der Waals surface area contributed by atoms with E-state index in [9.17, 15) is 0 Å². The van der Waals surface area contributed by atoms with Crippen molar-refractivity contribution in [3.05, 3.63) is 60.1 Å². The molecule has 0 aliphatic carbocycles. The molecule has 0 aliphatic rings. The molecule has 94 valence electrons. The van der Waals surface area contributed by atoms with Crippen molar-refractivity contribution >= 4 is 23.2 Å². The summed E-state index contributed by atoms with van der Waals surface area (Å²) in [4.78, 5) is 12.5. The fraction of sp³-hybridized carbons (Fsp3) is 0. The third-order valence-corrected chi connectivity index (χ3v) is 2.71. The van der Waals surface area contributed by atoms with Gasteiger partial charge in [-0.1, -0.05) is 17.7 Å². The Balaban J connectivity index is 1.88. The van der Waals surface area contributed by atoms with Crippen LogP contribution in [0.1, 0.15) is 0 Å². The average Bonchev–Trinajstić information content (AvgIpc) is 2.93. The Morgan fingerprint density at radius 2 is 1.89 bits per heavy atom. The van der Waals surface area contributed by atoms with Crippen LogP contribution in [0.15, 0.2) is 55.1 Å². The molecule has 0 fully saturated rings. The molecular formula is C13H10ClN5. The number of benzene rings is 1. The maximum Gasteiger partial charge on any atom is 0.238 e. The molecule has 0 spiro atoms. The van der Waals surface area contributed by atoms with E-state index in [4.69, 9.17) is 11.6 Å². The number of nitrogens with zero attached hydrogens (tertiary/aromatic N) is 4. The molecule has 0 aliphatic heterocycles. The SMILES string of the molecule is Clc1cccc(Nc2ncnc(-n3cccc3)n2)c1. The summed E-state index contributed by atoms with van der Waals surface area (Å²) in [5.74, 6) is 1.03. The largest absolute Gasteiger partial charge is 0.324 e. The van der Waals surface area contributed by atoms with Gasteiger partial charge >= 0.3 is 0 Å². The summed E-state index contributed by atoms with van der Waals surface area (Å²) in [7, 11) is 0. The molecule has 1 aromatic carbocycles. The summed E-state index contributed by atoms with van der Waals surface area (Å²) in [6.07, 6.45) is 5.21. The Labute approximate surface area is 114 Å². The van der Waals surface area contributed by atoms with Crippen molar-refractivity contribution in [3.63, 3.8) is 0 Å². The van der Waals surface area contributed by atoms with Crippen LogP contribution in [-0.4, -0.2) is 19.5 Å². The second-order valence-electron chi connectivity index (χ2n) is 3.83. The predicted octanol–water partition coefficient (Wildman–Crippen LogP) is 3.06. The normalized spacial score (nSPS) is 10.4. The van der Waals surface area contributed by atoms with Crippen molar-refractivity contribution in [3.8, 4) is 5.95 Å². The number of halogens is 1. The summed E-state index contributed by atoms with van der Waals surface area (Å²) in [6, 6.07) is 11.2. The Morgan fingerprint density at radius 1 is 1.05 bits per heavy atom. The van der Waals surface area contributed by atoms with Crippen molar-refractivity contribution in [2.75, 3.05) is 5.32 Å². The molecule has 3 aromatic rings. The van der Waals surface area contributed by atoms with Crippen LogP contribution in [0.5, 0.6) is 0 Å². The maximum atomic E-state index is 5.93. The monoisotopic (exact) mass is 271 g/mol. The number of hydrogen-bond donors (Lipinski definition) is 1. The third kappa shape index (κ3) is 2.71. The van der Waals surface area contributed by atoms with Gasteiger partial charge in [-0.25, -0.2) is 9.97 Å². The highest BCUT2D eigenvalue weighted by molar-refractivity contribution is 6.30. The molecule has 0 radical (unpaired) electrons. The highest BCUT2D eigenvalue weighted by atomic mass is 35.5. The standard InChI is InChI=1S/C13H10ClN5/c14-10-4-3-5-11(8-10)17-12-15-9-16-13(18-12)19-6-1-2-7-19/h1-9H,(H,15,16,17,18). The molecule has 1 N–H and O–H groups in total. The molecule has 0 atom stereocenters. The second-order valence-corrected chi connectivity index (χ2v) is 4.27. The van der Waals surface area contributed by atoms with E-state index in [0.29, 0.717) is 16.9 Å². The van der Waals surface area contributed by atoms with Gasteiger partial charge in [0.2, 0.25) is 11.9 Å². The summed E-state index contributed by atoms with van der Waals surface area (Å²) in [5.41, 5.74) is 0.831. The molecule has 0 unspecified atom stereocenters. The molecule has 6 heteroatoms. The molecule has 0 amide bonds. The van der Waals surface area contributed by atoms with Crippen LogP contribution < -0.4 is 5.32 Å². The second kappa shape index (κ2) is 5.07. The van der Waals surface area contributed by atoms with Crippen LogP contribution >= 0.6 is 11.6 Å². The van der Waals surface area contributed by atoms with E-state index in [1.54, 1.807) is 6.07 Å². The minimum Gasteiger partial charge on any atom is -0.324 e. The van der Waals surface area contributed by atoms with Crippen LogP contribution in [0, 0.1) is 0 Å². The van der Waals surface area contributed by atoms with Gasteiger partial charge in [0.15, 0.2) is 0 Å². The number of hydrogen-bond acceptors (Lipinski definition) is 4. The number of anilines is 2. The molecule has 0 bridgehead atoms.